The van der Waals surface area contributed by atoms with E-state index in [0.29, 0.717) is 0 Å². The summed E-state index contributed by atoms with van der Waals surface area (Å²) in [4.78, 5) is 0. The van der Waals surface area contributed by atoms with Crippen molar-refractivity contribution in [3.63, 3.8) is 0 Å². The summed E-state index contributed by atoms with van der Waals surface area (Å²) in [5.41, 5.74) is 3.81. The van der Waals surface area contributed by atoms with Crippen LogP contribution in [0.2, 0.25) is 0 Å². The molecule has 0 fully saturated rings. The summed E-state index contributed by atoms with van der Waals surface area (Å²) in [6, 6.07) is 10.7. The average molecular weight is 214 g/mol. The minimum Gasteiger partial charge on any atom is -0.508 e. The quantitative estimate of drug-likeness (QED) is 0.764. The molecular formula is C14H14O2. The first-order chi connectivity index (χ1) is 7.59. The molecule has 2 rings (SSSR count). The highest BCUT2D eigenvalue weighted by Gasteiger charge is 2.08. The fraction of sp³-hybridized carbons (Fsp3) is 0.143. The van der Waals surface area contributed by atoms with Crippen LogP contribution in [0.3, 0.4) is 0 Å². The minimum atomic E-state index is 0.239. The summed E-state index contributed by atoms with van der Waals surface area (Å²) in [7, 11) is 0. The zero-order valence-corrected chi connectivity index (χ0v) is 9.36. The van der Waals surface area contributed by atoms with Gasteiger partial charge in [-0.05, 0) is 54.3 Å². The molecule has 2 aromatic carbocycles. The van der Waals surface area contributed by atoms with E-state index >= 15 is 0 Å². The molecule has 2 heteroatoms. The largest absolute Gasteiger partial charge is 0.508 e. The van der Waals surface area contributed by atoms with Crippen molar-refractivity contribution >= 4 is 0 Å². The number of hydrogen-bond donors (Lipinski definition) is 2. The fourth-order valence-electron chi connectivity index (χ4n) is 1.82. The van der Waals surface area contributed by atoms with Gasteiger partial charge in [-0.25, -0.2) is 0 Å². The molecule has 0 atom stereocenters. The van der Waals surface area contributed by atoms with Gasteiger partial charge in [0.15, 0.2) is 0 Å². The standard InChI is InChI=1S/C14H14O2/c1-9-6-7-11(15)8-13(9)12-4-3-5-14(16)10(12)2/h3-8,15-16H,1-2H3. The Kier molecular flexibility index (Phi) is 2.57. The van der Waals surface area contributed by atoms with E-state index in [4.69, 9.17) is 0 Å². The van der Waals surface area contributed by atoms with Crippen molar-refractivity contribution in [2.45, 2.75) is 13.8 Å². The second-order valence-corrected chi connectivity index (χ2v) is 3.95. The van der Waals surface area contributed by atoms with Crippen LogP contribution >= 0.6 is 0 Å². The van der Waals surface area contributed by atoms with E-state index in [1.807, 2.05) is 26.0 Å². The molecular weight excluding hydrogens is 200 g/mol. The Bertz CT molecular complexity index is 530. The predicted molar refractivity (Wildman–Crippen MR) is 64.7 cm³/mol. The third-order valence-electron chi connectivity index (χ3n) is 2.82. The smallest absolute Gasteiger partial charge is 0.119 e. The Morgan fingerprint density at radius 2 is 1.62 bits per heavy atom. The summed E-state index contributed by atoms with van der Waals surface area (Å²) in [5.74, 6) is 0.517. The number of benzene rings is 2. The van der Waals surface area contributed by atoms with E-state index in [2.05, 4.69) is 0 Å². The van der Waals surface area contributed by atoms with Crippen molar-refractivity contribution in [3.8, 4) is 22.6 Å². The van der Waals surface area contributed by atoms with Crippen LogP contribution in [0, 0.1) is 13.8 Å². The van der Waals surface area contributed by atoms with Crippen LogP contribution in [0.1, 0.15) is 11.1 Å². The van der Waals surface area contributed by atoms with Crippen LogP contribution in [0.4, 0.5) is 0 Å². The van der Waals surface area contributed by atoms with Gasteiger partial charge in [-0.3, -0.25) is 0 Å². The lowest BCUT2D eigenvalue weighted by Crippen LogP contribution is -1.87. The number of rotatable bonds is 1. The molecule has 0 spiro atoms. The monoisotopic (exact) mass is 214 g/mol. The molecule has 0 aliphatic carbocycles. The average Bonchev–Trinajstić information content (AvgIpc) is 2.26. The molecule has 82 valence electrons. The molecule has 0 heterocycles. The molecule has 0 radical (unpaired) electrons. The zero-order chi connectivity index (χ0) is 11.7. The van der Waals surface area contributed by atoms with Gasteiger partial charge in [0.1, 0.15) is 11.5 Å². The van der Waals surface area contributed by atoms with Crippen molar-refractivity contribution in [2.24, 2.45) is 0 Å². The molecule has 0 aromatic heterocycles. The summed E-state index contributed by atoms with van der Waals surface area (Å²) >= 11 is 0. The Morgan fingerprint density at radius 1 is 0.875 bits per heavy atom. The predicted octanol–water partition coefficient (Wildman–Crippen LogP) is 3.38. The second-order valence-electron chi connectivity index (χ2n) is 3.95. The summed E-state index contributed by atoms with van der Waals surface area (Å²) in [6.07, 6.45) is 0. The lowest BCUT2D eigenvalue weighted by molar-refractivity contribution is 0.471. The molecule has 2 aromatic rings. The van der Waals surface area contributed by atoms with Crippen LogP contribution < -0.4 is 0 Å². The molecule has 0 aliphatic rings. The van der Waals surface area contributed by atoms with E-state index in [-0.39, 0.29) is 11.5 Å². The van der Waals surface area contributed by atoms with Crippen LogP contribution in [-0.4, -0.2) is 10.2 Å². The summed E-state index contributed by atoms with van der Waals surface area (Å²) in [6.45, 7) is 3.85. The fourth-order valence-corrected chi connectivity index (χ4v) is 1.82. The minimum absolute atomic E-state index is 0.239. The van der Waals surface area contributed by atoms with E-state index in [1.54, 1.807) is 24.3 Å². The van der Waals surface area contributed by atoms with Crippen molar-refractivity contribution in [3.05, 3.63) is 47.5 Å². The molecule has 2 nitrogen and oxygen atoms in total. The molecule has 0 amide bonds. The van der Waals surface area contributed by atoms with Gasteiger partial charge >= 0.3 is 0 Å². The number of hydrogen-bond acceptors (Lipinski definition) is 2. The normalized spacial score (nSPS) is 10.4. The Balaban J connectivity index is 2.67. The molecule has 0 saturated heterocycles. The van der Waals surface area contributed by atoms with Crippen molar-refractivity contribution in [2.75, 3.05) is 0 Å². The van der Waals surface area contributed by atoms with Crippen LogP contribution in [0.25, 0.3) is 11.1 Å². The lowest BCUT2D eigenvalue weighted by Gasteiger charge is -2.10. The van der Waals surface area contributed by atoms with Gasteiger partial charge < -0.3 is 10.2 Å². The van der Waals surface area contributed by atoms with Gasteiger partial charge in [0.2, 0.25) is 0 Å². The Hall–Kier alpha value is -1.96. The third kappa shape index (κ3) is 1.74. The third-order valence-corrected chi connectivity index (χ3v) is 2.82. The van der Waals surface area contributed by atoms with Crippen molar-refractivity contribution < 1.29 is 10.2 Å². The molecule has 2 N–H and O–H groups in total. The van der Waals surface area contributed by atoms with Gasteiger partial charge in [0, 0.05) is 0 Å². The molecule has 0 aliphatic heterocycles. The van der Waals surface area contributed by atoms with Crippen LogP contribution in [-0.2, 0) is 0 Å². The molecule has 16 heavy (non-hydrogen) atoms. The first kappa shape index (κ1) is 10.6. The van der Waals surface area contributed by atoms with E-state index in [9.17, 15) is 10.2 Å². The summed E-state index contributed by atoms with van der Waals surface area (Å²) < 4.78 is 0. The summed E-state index contributed by atoms with van der Waals surface area (Å²) in [5, 5.41) is 19.2. The van der Waals surface area contributed by atoms with Crippen LogP contribution in [0.5, 0.6) is 11.5 Å². The molecule has 0 unspecified atom stereocenters. The lowest BCUT2D eigenvalue weighted by atomic mass is 9.96. The van der Waals surface area contributed by atoms with E-state index in [0.717, 1.165) is 22.3 Å². The van der Waals surface area contributed by atoms with E-state index < -0.39 is 0 Å². The van der Waals surface area contributed by atoms with Gasteiger partial charge in [0.25, 0.3) is 0 Å². The highest BCUT2D eigenvalue weighted by Crippen LogP contribution is 2.32. The Morgan fingerprint density at radius 3 is 2.38 bits per heavy atom. The molecule has 0 bridgehead atoms. The second kappa shape index (κ2) is 3.89. The van der Waals surface area contributed by atoms with Crippen LogP contribution in [0.15, 0.2) is 36.4 Å². The maximum atomic E-state index is 9.66. The topological polar surface area (TPSA) is 40.5 Å². The number of aryl methyl sites for hydroxylation is 1. The first-order valence-corrected chi connectivity index (χ1v) is 5.18. The maximum absolute atomic E-state index is 9.66. The van der Waals surface area contributed by atoms with Crippen molar-refractivity contribution in [1.29, 1.82) is 0 Å². The van der Waals surface area contributed by atoms with Crippen molar-refractivity contribution in [1.82, 2.24) is 0 Å². The van der Waals surface area contributed by atoms with Gasteiger partial charge in [0.05, 0.1) is 0 Å². The zero-order valence-electron chi connectivity index (χ0n) is 9.36. The van der Waals surface area contributed by atoms with E-state index in [1.165, 1.54) is 0 Å². The maximum Gasteiger partial charge on any atom is 0.119 e. The molecule has 0 saturated carbocycles. The highest BCUT2D eigenvalue weighted by molar-refractivity contribution is 5.73. The van der Waals surface area contributed by atoms with Gasteiger partial charge in [-0.2, -0.15) is 0 Å². The highest BCUT2D eigenvalue weighted by atomic mass is 16.3. The van der Waals surface area contributed by atoms with Gasteiger partial charge in [-0.15, -0.1) is 0 Å². The Labute approximate surface area is 94.8 Å². The number of aromatic hydroxyl groups is 2. The number of phenolic OH excluding ortho intramolecular Hbond substituents is 2. The number of phenols is 2. The first-order valence-electron chi connectivity index (χ1n) is 5.18. The SMILES string of the molecule is Cc1ccc(O)cc1-c1cccc(O)c1C. The van der Waals surface area contributed by atoms with Gasteiger partial charge in [-0.1, -0.05) is 18.2 Å².